The van der Waals surface area contributed by atoms with Crippen molar-refractivity contribution in [1.29, 1.82) is 0 Å². The molecule has 1 heterocycles. The number of halogens is 1. The Morgan fingerprint density at radius 1 is 1.19 bits per heavy atom. The number of rotatable bonds is 8. The van der Waals surface area contributed by atoms with E-state index in [4.69, 9.17) is 4.42 Å². The second kappa shape index (κ2) is 8.26. The molecule has 0 atom stereocenters. The van der Waals surface area contributed by atoms with Crippen LogP contribution in [0.1, 0.15) is 18.7 Å². The Kier molecular flexibility index (Phi) is 6.35. The maximum absolute atomic E-state index is 5.67. The van der Waals surface area contributed by atoms with E-state index in [0.29, 0.717) is 18.3 Å². The Morgan fingerprint density at radius 3 is 2.76 bits per heavy atom. The summed E-state index contributed by atoms with van der Waals surface area (Å²) in [4.78, 5) is 2.20. The standard InChI is InChI=1S/C15H21BrN4O/c1-20(2)10-6-5-9-17-11-14-18-19-15(21-14)12-7-3-4-8-13(12)16/h3-4,7-8,17H,5-6,9-11H2,1-2H3. The highest BCUT2D eigenvalue weighted by molar-refractivity contribution is 9.10. The molecule has 0 aliphatic heterocycles. The molecular weight excluding hydrogens is 332 g/mol. The molecule has 1 aromatic carbocycles. The van der Waals surface area contributed by atoms with E-state index in [9.17, 15) is 0 Å². The van der Waals surface area contributed by atoms with E-state index in [0.717, 1.165) is 29.5 Å². The summed E-state index contributed by atoms with van der Waals surface area (Å²) >= 11 is 3.49. The summed E-state index contributed by atoms with van der Waals surface area (Å²) in [7, 11) is 4.18. The minimum absolute atomic E-state index is 0.548. The molecule has 0 spiro atoms. The Morgan fingerprint density at radius 2 is 2.00 bits per heavy atom. The van der Waals surface area contributed by atoms with Gasteiger partial charge in [-0.05, 0) is 68.1 Å². The van der Waals surface area contributed by atoms with E-state index in [1.807, 2.05) is 24.3 Å². The average molecular weight is 353 g/mol. The molecule has 2 aromatic rings. The molecule has 2 rings (SSSR count). The van der Waals surface area contributed by atoms with Gasteiger partial charge in [-0.1, -0.05) is 12.1 Å². The highest BCUT2D eigenvalue weighted by Gasteiger charge is 2.10. The lowest BCUT2D eigenvalue weighted by molar-refractivity contribution is 0.389. The number of hydrogen-bond donors (Lipinski definition) is 1. The number of nitrogens with zero attached hydrogens (tertiary/aromatic N) is 3. The average Bonchev–Trinajstić information content (AvgIpc) is 2.91. The maximum Gasteiger partial charge on any atom is 0.248 e. The molecule has 0 fully saturated rings. The summed E-state index contributed by atoms with van der Waals surface area (Å²) in [5.41, 5.74) is 0.919. The molecule has 0 saturated carbocycles. The van der Waals surface area contributed by atoms with Crippen molar-refractivity contribution >= 4 is 15.9 Å². The van der Waals surface area contributed by atoms with Crippen molar-refractivity contribution in [3.05, 3.63) is 34.6 Å². The van der Waals surface area contributed by atoms with E-state index >= 15 is 0 Å². The molecule has 1 aromatic heterocycles. The lowest BCUT2D eigenvalue weighted by Crippen LogP contribution is -2.18. The first kappa shape index (κ1) is 16.1. The summed E-state index contributed by atoms with van der Waals surface area (Å²) in [5.74, 6) is 1.17. The lowest BCUT2D eigenvalue weighted by atomic mass is 10.2. The molecule has 0 aliphatic rings. The van der Waals surface area contributed by atoms with Crippen molar-refractivity contribution in [3.8, 4) is 11.5 Å². The van der Waals surface area contributed by atoms with Gasteiger partial charge >= 0.3 is 0 Å². The molecule has 0 aliphatic carbocycles. The molecule has 0 radical (unpaired) electrons. The van der Waals surface area contributed by atoms with Crippen LogP contribution in [0.3, 0.4) is 0 Å². The van der Waals surface area contributed by atoms with Crippen molar-refractivity contribution < 1.29 is 4.42 Å². The van der Waals surface area contributed by atoms with E-state index in [-0.39, 0.29) is 0 Å². The van der Waals surface area contributed by atoms with Crippen LogP contribution >= 0.6 is 15.9 Å². The van der Waals surface area contributed by atoms with Gasteiger partial charge in [0.15, 0.2) is 0 Å². The number of aromatic nitrogens is 2. The van der Waals surface area contributed by atoms with Gasteiger partial charge in [0, 0.05) is 4.47 Å². The van der Waals surface area contributed by atoms with E-state index in [2.05, 4.69) is 50.4 Å². The maximum atomic E-state index is 5.67. The number of unbranched alkanes of at least 4 members (excludes halogenated alkanes) is 1. The molecule has 0 saturated heterocycles. The molecular formula is C15H21BrN4O. The zero-order valence-electron chi connectivity index (χ0n) is 12.5. The van der Waals surface area contributed by atoms with Crippen LogP contribution in [0, 0.1) is 0 Å². The first-order chi connectivity index (χ1) is 10.2. The van der Waals surface area contributed by atoms with Gasteiger partial charge in [0.1, 0.15) is 0 Å². The van der Waals surface area contributed by atoms with Gasteiger partial charge in [0.2, 0.25) is 11.8 Å². The topological polar surface area (TPSA) is 54.2 Å². The fourth-order valence-corrected chi connectivity index (χ4v) is 2.40. The summed E-state index contributed by atoms with van der Waals surface area (Å²) in [6, 6.07) is 7.82. The van der Waals surface area contributed by atoms with Gasteiger partial charge in [0.25, 0.3) is 0 Å². The summed E-state index contributed by atoms with van der Waals surface area (Å²) in [6.45, 7) is 2.69. The monoisotopic (exact) mass is 352 g/mol. The molecule has 6 heteroatoms. The highest BCUT2D eigenvalue weighted by atomic mass is 79.9. The fraction of sp³-hybridized carbons (Fsp3) is 0.467. The second-order valence-electron chi connectivity index (χ2n) is 5.17. The van der Waals surface area contributed by atoms with Crippen molar-refractivity contribution in [2.45, 2.75) is 19.4 Å². The largest absolute Gasteiger partial charge is 0.419 e. The Hall–Kier alpha value is -1.24. The summed E-state index contributed by atoms with van der Waals surface area (Å²) in [6.07, 6.45) is 2.33. The van der Waals surface area contributed by atoms with Crippen LogP contribution in [0.2, 0.25) is 0 Å². The second-order valence-corrected chi connectivity index (χ2v) is 6.02. The fourth-order valence-electron chi connectivity index (χ4n) is 1.94. The lowest BCUT2D eigenvalue weighted by Gasteiger charge is -2.08. The molecule has 0 unspecified atom stereocenters. The van der Waals surface area contributed by atoms with Crippen molar-refractivity contribution in [2.75, 3.05) is 27.2 Å². The smallest absolute Gasteiger partial charge is 0.248 e. The Balaban J connectivity index is 1.78. The summed E-state index contributed by atoms with van der Waals surface area (Å²) < 4.78 is 6.63. The molecule has 114 valence electrons. The van der Waals surface area contributed by atoms with Crippen LogP contribution < -0.4 is 5.32 Å². The van der Waals surface area contributed by atoms with Crippen LogP contribution in [0.5, 0.6) is 0 Å². The summed E-state index contributed by atoms with van der Waals surface area (Å²) in [5, 5.41) is 11.5. The van der Waals surface area contributed by atoms with Crippen molar-refractivity contribution in [2.24, 2.45) is 0 Å². The van der Waals surface area contributed by atoms with Crippen molar-refractivity contribution in [1.82, 2.24) is 20.4 Å². The number of nitrogens with one attached hydrogen (secondary N) is 1. The number of benzene rings is 1. The normalized spacial score (nSPS) is 11.2. The van der Waals surface area contributed by atoms with Gasteiger partial charge in [-0.15, -0.1) is 10.2 Å². The van der Waals surface area contributed by atoms with E-state index < -0.39 is 0 Å². The molecule has 0 amide bonds. The zero-order chi connectivity index (χ0) is 15.1. The van der Waals surface area contributed by atoms with E-state index in [1.165, 1.54) is 6.42 Å². The minimum Gasteiger partial charge on any atom is -0.419 e. The Bertz CT molecular complexity index is 556. The van der Waals surface area contributed by atoms with Gasteiger partial charge in [-0.3, -0.25) is 0 Å². The third-order valence-corrected chi connectivity index (χ3v) is 3.75. The highest BCUT2D eigenvalue weighted by Crippen LogP contribution is 2.26. The van der Waals surface area contributed by atoms with Crippen LogP contribution in [-0.2, 0) is 6.54 Å². The molecule has 21 heavy (non-hydrogen) atoms. The van der Waals surface area contributed by atoms with Gasteiger partial charge < -0.3 is 14.6 Å². The van der Waals surface area contributed by atoms with Gasteiger partial charge in [-0.2, -0.15) is 0 Å². The third kappa shape index (κ3) is 5.22. The first-order valence-corrected chi connectivity index (χ1v) is 7.89. The quantitative estimate of drug-likeness (QED) is 0.740. The van der Waals surface area contributed by atoms with Crippen LogP contribution in [0.4, 0.5) is 0 Å². The van der Waals surface area contributed by atoms with Gasteiger partial charge in [-0.25, -0.2) is 0 Å². The number of hydrogen-bond acceptors (Lipinski definition) is 5. The third-order valence-electron chi connectivity index (χ3n) is 3.06. The SMILES string of the molecule is CN(C)CCCCNCc1nnc(-c2ccccc2Br)o1. The molecule has 1 N–H and O–H groups in total. The molecule has 0 bridgehead atoms. The zero-order valence-corrected chi connectivity index (χ0v) is 14.1. The predicted octanol–water partition coefficient (Wildman–Crippen LogP) is 2.93. The first-order valence-electron chi connectivity index (χ1n) is 7.09. The molecule has 5 nitrogen and oxygen atoms in total. The van der Waals surface area contributed by atoms with Crippen LogP contribution in [0.25, 0.3) is 11.5 Å². The van der Waals surface area contributed by atoms with Crippen LogP contribution in [-0.4, -0.2) is 42.3 Å². The van der Waals surface area contributed by atoms with Crippen LogP contribution in [0.15, 0.2) is 33.2 Å². The van der Waals surface area contributed by atoms with Crippen molar-refractivity contribution in [3.63, 3.8) is 0 Å². The predicted molar refractivity (Wildman–Crippen MR) is 86.9 cm³/mol. The van der Waals surface area contributed by atoms with E-state index in [1.54, 1.807) is 0 Å². The van der Waals surface area contributed by atoms with Gasteiger partial charge in [0.05, 0.1) is 12.1 Å². The Labute approximate surface area is 133 Å². The minimum atomic E-state index is 0.548.